The number of aromatic nitrogens is 1. The summed E-state index contributed by atoms with van der Waals surface area (Å²) >= 11 is 5.23. The van der Waals surface area contributed by atoms with E-state index in [2.05, 4.69) is 39.5 Å². The van der Waals surface area contributed by atoms with E-state index in [1.807, 2.05) is 30.3 Å². The van der Waals surface area contributed by atoms with Gasteiger partial charge in [-0.3, -0.25) is 4.79 Å². The molecule has 0 N–H and O–H groups in total. The molecular formula is C21H18BrNO2S. The zero-order chi connectivity index (χ0) is 18.1. The molecule has 0 amide bonds. The third-order valence-electron chi connectivity index (χ3n) is 4.70. The SMILES string of the molecule is CSc1ccccc1Cc1ccc(Br)cc1C(=O)c1conc1C1CC1. The molecule has 1 aliphatic carbocycles. The van der Waals surface area contributed by atoms with Gasteiger partial charge < -0.3 is 4.52 Å². The van der Waals surface area contributed by atoms with Gasteiger partial charge in [-0.05, 0) is 54.8 Å². The van der Waals surface area contributed by atoms with Crippen molar-refractivity contribution in [1.29, 1.82) is 0 Å². The van der Waals surface area contributed by atoms with Crippen molar-refractivity contribution in [1.82, 2.24) is 5.16 Å². The highest BCUT2D eigenvalue weighted by Crippen LogP contribution is 2.41. The van der Waals surface area contributed by atoms with Gasteiger partial charge in [0.25, 0.3) is 0 Å². The summed E-state index contributed by atoms with van der Waals surface area (Å²) in [5.41, 5.74) is 4.36. The topological polar surface area (TPSA) is 43.1 Å². The molecule has 1 fully saturated rings. The minimum absolute atomic E-state index is 0.00826. The molecule has 1 heterocycles. The molecule has 0 spiro atoms. The molecule has 0 radical (unpaired) electrons. The van der Waals surface area contributed by atoms with Crippen LogP contribution in [0.4, 0.5) is 0 Å². The number of ketones is 1. The maximum absolute atomic E-state index is 13.3. The number of nitrogens with zero attached hydrogens (tertiary/aromatic N) is 1. The highest BCUT2D eigenvalue weighted by Gasteiger charge is 2.32. The van der Waals surface area contributed by atoms with Crippen LogP contribution in [0, 0.1) is 0 Å². The van der Waals surface area contributed by atoms with Crippen molar-refractivity contribution in [2.45, 2.75) is 30.1 Å². The lowest BCUT2D eigenvalue weighted by molar-refractivity contribution is 0.103. The second-order valence-corrected chi connectivity index (χ2v) is 8.27. The normalized spacial score (nSPS) is 13.8. The Hall–Kier alpha value is -1.85. The van der Waals surface area contributed by atoms with Crippen LogP contribution in [0.5, 0.6) is 0 Å². The van der Waals surface area contributed by atoms with E-state index < -0.39 is 0 Å². The molecule has 1 saturated carbocycles. The van der Waals surface area contributed by atoms with Crippen LogP contribution in [-0.2, 0) is 6.42 Å². The van der Waals surface area contributed by atoms with Crippen molar-refractivity contribution in [2.24, 2.45) is 0 Å². The first-order chi connectivity index (χ1) is 12.7. The van der Waals surface area contributed by atoms with Gasteiger partial charge in [-0.1, -0.05) is 45.4 Å². The molecule has 0 unspecified atom stereocenters. The van der Waals surface area contributed by atoms with E-state index in [4.69, 9.17) is 4.52 Å². The Bertz CT molecular complexity index is 962. The van der Waals surface area contributed by atoms with Gasteiger partial charge in [0.15, 0.2) is 5.78 Å². The van der Waals surface area contributed by atoms with Crippen molar-refractivity contribution in [3.8, 4) is 0 Å². The van der Waals surface area contributed by atoms with E-state index in [1.54, 1.807) is 11.8 Å². The molecule has 0 aliphatic heterocycles. The lowest BCUT2D eigenvalue weighted by Crippen LogP contribution is -2.08. The smallest absolute Gasteiger partial charge is 0.198 e. The maximum atomic E-state index is 13.3. The highest BCUT2D eigenvalue weighted by molar-refractivity contribution is 9.10. The summed E-state index contributed by atoms with van der Waals surface area (Å²) in [7, 11) is 0. The average Bonchev–Trinajstić information content (AvgIpc) is 3.39. The van der Waals surface area contributed by atoms with Crippen LogP contribution in [0.1, 0.15) is 51.5 Å². The van der Waals surface area contributed by atoms with E-state index in [0.717, 1.165) is 35.0 Å². The van der Waals surface area contributed by atoms with Crippen LogP contribution < -0.4 is 0 Å². The molecule has 0 atom stereocenters. The first-order valence-electron chi connectivity index (χ1n) is 8.56. The minimum Gasteiger partial charge on any atom is -0.364 e. The van der Waals surface area contributed by atoms with Crippen molar-refractivity contribution < 1.29 is 9.32 Å². The number of hydrogen-bond donors (Lipinski definition) is 0. The molecule has 3 aromatic rings. The summed E-state index contributed by atoms with van der Waals surface area (Å²) in [5.74, 6) is 0.367. The average molecular weight is 428 g/mol. The zero-order valence-corrected chi connectivity index (χ0v) is 16.8. The Morgan fingerprint density at radius 3 is 2.77 bits per heavy atom. The van der Waals surface area contributed by atoms with Gasteiger partial charge in [0, 0.05) is 20.8 Å². The third-order valence-corrected chi connectivity index (χ3v) is 6.03. The molecule has 1 aliphatic rings. The fourth-order valence-corrected chi connectivity index (χ4v) is 4.16. The Kier molecular flexibility index (Phi) is 5.00. The minimum atomic E-state index is -0.00826. The molecule has 1 aromatic heterocycles. The standard InChI is InChI=1S/C21H18BrNO2S/c1-26-19-5-3-2-4-15(19)10-14-8-9-16(22)11-17(14)21(24)18-12-25-23-20(18)13-6-7-13/h2-5,8-9,11-13H,6-7,10H2,1H3. The molecule has 2 aromatic carbocycles. The van der Waals surface area contributed by atoms with Gasteiger partial charge in [-0.2, -0.15) is 0 Å². The number of halogens is 1. The monoisotopic (exact) mass is 427 g/mol. The first kappa shape index (κ1) is 17.6. The van der Waals surface area contributed by atoms with Crippen molar-refractivity contribution >= 4 is 33.5 Å². The van der Waals surface area contributed by atoms with E-state index in [1.165, 1.54) is 16.7 Å². The van der Waals surface area contributed by atoms with Gasteiger partial charge in [-0.25, -0.2) is 0 Å². The predicted octanol–water partition coefficient (Wildman–Crippen LogP) is 5.86. The second-order valence-electron chi connectivity index (χ2n) is 6.51. The van der Waals surface area contributed by atoms with Gasteiger partial charge in [0.1, 0.15) is 6.26 Å². The molecule has 5 heteroatoms. The lowest BCUT2D eigenvalue weighted by atomic mass is 9.94. The Labute approximate surface area is 165 Å². The quantitative estimate of drug-likeness (QED) is 0.365. The van der Waals surface area contributed by atoms with Crippen LogP contribution in [-0.4, -0.2) is 17.2 Å². The van der Waals surface area contributed by atoms with E-state index in [-0.39, 0.29) is 5.78 Å². The summed E-state index contributed by atoms with van der Waals surface area (Å²) in [6.07, 6.45) is 6.45. The first-order valence-corrected chi connectivity index (χ1v) is 10.6. The number of carbonyl (C=O) groups excluding carboxylic acids is 1. The van der Waals surface area contributed by atoms with Crippen molar-refractivity contribution in [2.75, 3.05) is 6.26 Å². The van der Waals surface area contributed by atoms with Crippen LogP contribution >= 0.6 is 27.7 Å². The third kappa shape index (κ3) is 3.51. The molecule has 0 saturated heterocycles. The Morgan fingerprint density at radius 1 is 1.19 bits per heavy atom. The van der Waals surface area contributed by atoms with Gasteiger partial charge in [0.2, 0.25) is 0 Å². The molecule has 26 heavy (non-hydrogen) atoms. The number of carbonyl (C=O) groups is 1. The maximum Gasteiger partial charge on any atom is 0.198 e. The number of hydrogen-bond acceptors (Lipinski definition) is 4. The second kappa shape index (κ2) is 7.41. The van der Waals surface area contributed by atoms with Crippen LogP contribution in [0.3, 0.4) is 0 Å². The molecule has 0 bridgehead atoms. The van der Waals surface area contributed by atoms with E-state index in [0.29, 0.717) is 17.0 Å². The molecular weight excluding hydrogens is 410 g/mol. The van der Waals surface area contributed by atoms with Crippen molar-refractivity contribution in [3.05, 3.63) is 81.1 Å². The van der Waals surface area contributed by atoms with Gasteiger partial charge >= 0.3 is 0 Å². The zero-order valence-electron chi connectivity index (χ0n) is 14.4. The van der Waals surface area contributed by atoms with Crippen molar-refractivity contribution in [3.63, 3.8) is 0 Å². The van der Waals surface area contributed by atoms with Crippen LogP contribution in [0.15, 0.2) is 62.6 Å². The lowest BCUT2D eigenvalue weighted by Gasteiger charge is -2.12. The molecule has 4 rings (SSSR count). The summed E-state index contributed by atoms with van der Waals surface area (Å²) < 4.78 is 6.02. The van der Waals surface area contributed by atoms with Crippen LogP contribution in [0.25, 0.3) is 0 Å². The fourth-order valence-electron chi connectivity index (χ4n) is 3.18. The predicted molar refractivity (Wildman–Crippen MR) is 107 cm³/mol. The number of thioether (sulfide) groups is 1. The van der Waals surface area contributed by atoms with Gasteiger partial charge in [-0.15, -0.1) is 11.8 Å². The molecule has 132 valence electrons. The summed E-state index contributed by atoms with van der Waals surface area (Å²) in [6, 6.07) is 14.2. The largest absolute Gasteiger partial charge is 0.364 e. The van der Waals surface area contributed by atoms with Gasteiger partial charge in [0.05, 0.1) is 11.3 Å². The highest BCUT2D eigenvalue weighted by atomic mass is 79.9. The number of rotatable bonds is 6. The Morgan fingerprint density at radius 2 is 2.00 bits per heavy atom. The van der Waals surface area contributed by atoms with E-state index in [9.17, 15) is 4.79 Å². The van der Waals surface area contributed by atoms with Crippen LogP contribution in [0.2, 0.25) is 0 Å². The summed E-state index contributed by atoms with van der Waals surface area (Å²) in [4.78, 5) is 14.5. The Balaban J connectivity index is 1.73. The van der Waals surface area contributed by atoms with E-state index >= 15 is 0 Å². The fraction of sp³-hybridized carbons (Fsp3) is 0.238. The summed E-state index contributed by atoms with van der Waals surface area (Å²) in [5, 5.41) is 4.08. The summed E-state index contributed by atoms with van der Waals surface area (Å²) in [6.45, 7) is 0. The molecule has 3 nitrogen and oxygen atoms in total. The number of benzene rings is 2.